The van der Waals surface area contributed by atoms with Crippen molar-refractivity contribution < 1.29 is 9.53 Å². The van der Waals surface area contributed by atoms with Gasteiger partial charge in [0.2, 0.25) is 5.91 Å². The molecule has 2 fully saturated rings. The molecule has 2 saturated carbocycles. The van der Waals surface area contributed by atoms with Crippen LogP contribution in [0.2, 0.25) is 0 Å². The molecule has 3 N–H and O–H groups in total. The second kappa shape index (κ2) is 6.80. The van der Waals surface area contributed by atoms with Crippen molar-refractivity contribution in [3.05, 3.63) is 35.4 Å². The molecule has 2 aliphatic carbocycles. The maximum absolute atomic E-state index is 12.5. The number of fused-ring (bicyclic) bond motifs is 2. The van der Waals surface area contributed by atoms with Crippen LogP contribution in [-0.2, 0) is 22.7 Å². The van der Waals surface area contributed by atoms with Crippen molar-refractivity contribution in [2.24, 2.45) is 23.5 Å². The van der Waals surface area contributed by atoms with Crippen LogP contribution in [0.1, 0.15) is 37.3 Å². The first-order valence-electron chi connectivity index (χ1n) is 8.38. The van der Waals surface area contributed by atoms with Crippen LogP contribution in [0.4, 0.5) is 0 Å². The first-order chi connectivity index (χ1) is 10.7. The highest BCUT2D eigenvalue weighted by atomic mass is 16.5. The molecule has 4 heteroatoms. The van der Waals surface area contributed by atoms with Crippen LogP contribution in [0.15, 0.2) is 24.3 Å². The molecule has 0 aromatic heterocycles. The average Bonchev–Trinajstić information content (AvgIpc) is 3.12. The summed E-state index contributed by atoms with van der Waals surface area (Å²) in [6.45, 7) is 3.83. The number of carbonyl (C=O) groups excluding carboxylic acids is 1. The molecule has 2 bridgehead atoms. The van der Waals surface area contributed by atoms with Crippen LogP contribution in [-0.4, -0.2) is 18.6 Å². The lowest BCUT2D eigenvalue weighted by molar-refractivity contribution is -0.127. The minimum Gasteiger partial charge on any atom is -0.377 e. The number of benzene rings is 1. The van der Waals surface area contributed by atoms with Gasteiger partial charge in [0.1, 0.15) is 0 Å². The van der Waals surface area contributed by atoms with Crippen LogP contribution in [0.5, 0.6) is 0 Å². The zero-order valence-corrected chi connectivity index (χ0v) is 13.3. The van der Waals surface area contributed by atoms with Crippen molar-refractivity contribution in [2.45, 2.75) is 45.4 Å². The summed E-state index contributed by atoms with van der Waals surface area (Å²) in [6, 6.07) is 8.17. The maximum atomic E-state index is 12.5. The summed E-state index contributed by atoms with van der Waals surface area (Å²) in [5.74, 6) is 1.20. The molecule has 120 valence electrons. The van der Waals surface area contributed by atoms with Gasteiger partial charge in [-0.3, -0.25) is 4.79 Å². The van der Waals surface area contributed by atoms with E-state index in [0.717, 1.165) is 24.0 Å². The van der Waals surface area contributed by atoms with Gasteiger partial charge in [0.15, 0.2) is 0 Å². The molecule has 0 spiro atoms. The predicted molar refractivity (Wildman–Crippen MR) is 85.9 cm³/mol. The van der Waals surface area contributed by atoms with Gasteiger partial charge in [-0.2, -0.15) is 0 Å². The van der Waals surface area contributed by atoms with E-state index in [1.165, 1.54) is 6.42 Å². The molecule has 2 aliphatic rings. The highest BCUT2D eigenvalue weighted by Crippen LogP contribution is 2.47. The maximum Gasteiger partial charge on any atom is 0.225 e. The molecule has 0 aliphatic heterocycles. The van der Waals surface area contributed by atoms with Gasteiger partial charge in [-0.1, -0.05) is 24.3 Å². The molecule has 0 radical (unpaired) electrons. The average molecular weight is 302 g/mol. The molecule has 4 unspecified atom stereocenters. The lowest BCUT2D eigenvalue weighted by Gasteiger charge is -2.27. The Kier molecular flexibility index (Phi) is 4.79. The smallest absolute Gasteiger partial charge is 0.225 e. The Morgan fingerprint density at radius 2 is 2.00 bits per heavy atom. The van der Waals surface area contributed by atoms with Crippen molar-refractivity contribution in [1.29, 1.82) is 0 Å². The van der Waals surface area contributed by atoms with Crippen molar-refractivity contribution in [3.8, 4) is 0 Å². The van der Waals surface area contributed by atoms with E-state index in [9.17, 15) is 4.79 Å². The van der Waals surface area contributed by atoms with E-state index < -0.39 is 0 Å². The number of ether oxygens (including phenoxy) is 1. The van der Waals surface area contributed by atoms with E-state index in [0.29, 0.717) is 31.6 Å². The van der Waals surface area contributed by atoms with E-state index >= 15 is 0 Å². The van der Waals surface area contributed by atoms with Gasteiger partial charge in [0, 0.05) is 19.2 Å². The third-order valence-electron chi connectivity index (χ3n) is 5.32. The Morgan fingerprint density at radius 3 is 2.68 bits per heavy atom. The number of amides is 1. The largest absolute Gasteiger partial charge is 0.377 e. The van der Waals surface area contributed by atoms with Gasteiger partial charge < -0.3 is 15.8 Å². The number of carbonyl (C=O) groups is 1. The van der Waals surface area contributed by atoms with Gasteiger partial charge in [0.25, 0.3) is 0 Å². The number of hydrogen-bond acceptors (Lipinski definition) is 3. The summed E-state index contributed by atoms with van der Waals surface area (Å²) in [5.41, 5.74) is 8.52. The molecule has 1 aromatic carbocycles. The topological polar surface area (TPSA) is 64.3 Å². The van der Waals surface area contributed by atoms with E-state index in [1.54, 1.807) is 0 Å². The second-order valence-corrected chi connectivity index (χ2v) is 6.56. The molecule has 4 nitrogen and oxygen atoms in total. The zero-order chi connectivity index (χ0) is 15.5. The van der Waals surface area contributed by atoms with E-state index in [1.807, 2.05) is 19.1 Å². The summed E-state index contributed by atoms with van der Waals surface area (Å²) in [7, 11) is 0. The van der Waals surface area contributed by atoms with Crippen molar-refractivity contribution in [2.75, 3.05) is 6.61 Å². The van der Waals surface area contributed by atoms with Crippen LogP contribution >= 0.6 is 0 Å². The summed E-state index contributed by atoms with van der Waals surface area (Å²) in [6.07, 6.45) is 3.50. The Morgan fingerprint density at radius 1 is 1.27 bits per heavy atom. The first-order valence-corrected chi connectivity index (χ1v) is 8.38. The lowest BCUT2D eigenvalue weighted by atomic mass is 9.84. The predicted octanol–water partition coefficient (Wildman–Crippen LogP) is 2.21. The molecular formula is C18H26N2O2. The number of hydrogen-bond donors (Lipinski definition) is 2. The SMILES string of the molecule is CCOCc1ccccc1CNC(=O)C1C2CCC(C2)C1N. The van der Waals surface area contributed by atoms with Gasteiger partial charge in [-0.15, -0.1) is 0 Å². The summed E-state index contributed by atoms with van der Waals surface area (Å²) in [5, 5.41) is 3.10. The molecule has 0 heterocycles. The molecule has 3 rings (SSSR count). The van der Waals surface area contributed by atoms with Gasteiger partial charge in [-0.25, -0.2) is 0 Å². The molecule has 4 atom stereocenters. The molecule has 1 aromatic rings. The number of nitrogens with two attached hydrogens (primary N) is 1. The summed E-state index contributed by atoms with van der Waals surface area (Å²) < 4.78 is 5.49. The van der Waals surface area contributed by atoms with Crippen molar-refractivity contribution in [3.63, 3.8) is 0 Å². The Hall–Kier alpha value is -1.39. The molecule has 1 amide bonds. The summed E-state index contributed by atoms with van der Waals surface area (Å²) in [4.78, 5) is 12.5. The molecule has 22 heavy (non-hydrogen) atoms. The van der Waals surface area contributed by atoms with Gasteiger partial charge in [0.05, 0.1) is 12.5 Å². The fraction of sp³-hybridized carbons (Fsp3) is 0.611. The number of nitrogens with one attached hydrogen (secondary N) is 1. The van der Waals surface area contributed by atoms with Crippen molar-refractivity contribution >= 4 is 5.91 Å². The zero-order valence-electron chi connectivity index (χ0n) is 13.3. The Labute approximate surface area is 132 Å². The fourth-order valence-electron chi connectivity index (χ4n) is 4.11. The second-order valence-electron chi connectivity index (χ2n) is 6.56. The van der Waals surface area contributed by atoms with Gasteiger partial charge >= 0.3 is 0 Å². The lowest BCUT2D eigenvalue weighted by Crippen LogP contribution is -2.45. The first kappa shape index (κ1) is 15.5. The molecular weight excluding hydrogens is 276 g/mol. The van der Waals surface area contributed by atoms with Crippen LogP contribution in [0, 0.1) is 17.8 Å². The van der Waals surface area contributed by atoms with Crippen LogP contribution < -0.4 is 11.1 Å². The minimum absolute atomic E-state index is 0.0119. The van der Waals surface area contributed by atoms with E-state index in [2.05, 4.69) is 17.4 Å². The fourth-order valence-corrected chi connectivity index (χ4v) is 4.11. The Bertz CT molecular complexity index is 530. The summed E-state index contributed by atoms with van der Waals surface area (Å²) >= 11 is 0. The van der Waals surface area contributed by atoms with Crippen LogP contribution in [0.3, 0.4) is 0 Å². The minimum atomic E-state index is 0.0119. The normalized spacial score (nSPS) is 29.7. The number of rotatable bonds is 6. The van der Waals surface area contributed by atoms with Crippen LogP contribution in [0.25, 0.3) is 0 Å². The monoisotopic (exact) mass is 302 g/mol. The third-order valence-corrected chi connectivity index (χ3v) is 5.32. The highest BCUT2D eigenvalue weighted by Gasteiger charge is 2.48. The van der Waals surface area contributed by atoms with Gasteiger partial charge in [-0.05, 0) is 49.1 Å². The van der Waals surface area contributed by atoms with E-state index in [-0.39, 0.29) is 17.9 Å². The third kappa shape index (κ3) is 3.03. The quantitative estimate of drug-likeness (QED) is 0.847. The van der Waals surface area contributed by atoms with E-state index in [4.69, 9.17) is 10.5 Å². The Balaban J connectivity index is 1.59. The highest BCUT2D eigenvalue weighted by molar-refractivity contribution is 5.80. The van der Waals surface area contributed by atoms with Crippen molar-refractivity contribution in [1.82, 2.24) is 5.32 Å². The standard InChI is InChI=1S/C18H26N2O2/c1-2-22-11-15-6-4-3-5-14(15)10-20-18(21)16-12-7-8-13(9-12)17(16)19/h3-6,12-13,16-17H,2,7-11,19H2,1H3,(H,20,21). The molecule has 0 saturated heterocycles.